The lowest BCUT2D eigenvalue weighted by Gasteiger charge is -2.37. The maximum absolute atomic E-state index is 12.4. The molecule has 0 radical (unpaired) electrons. The third kappa shape index (κ3) is 6.63. The molecule has 25 heavy (non-hydrogen) atoms. The second-order valence-electron chi connectivity index (χ2n) is 6.75. The Labute approximate surface area is 154 Å². The predicted octanol–water partition coefficient (Wildman–Crippen LogP) is 4.55. The number of rotatable bonds is 11. The van der Waals surface area contributed by atoms with Gasteiger partial charge in [0.1, 0.15) is 5.56 Å². The van der Waals surface area contributed by atoms with Gasteiger partial charge < -0.3 is 8.92 Å². The SMILES string of the molecule is CCS(CC)(CCCCCCC1CCCO1)OC(=O)c1ccc[nH+]c1. The highest BCUT2D eigenvalue weighted by Gasteiger charge is 2.26. The number of carbonyl (C=O) groups excluding carboxylic acids is 1. The maximum Gasteiger partial charge on any atom is 0.354 e. The van der Waals surface area contributed by atoms with Crippen molar-refractivity contribution >= 4 is 16.3 Å². The fourth-order valence-corrected chi connectivity index (χ4v) is 5.80. The Morgan fingerprint density at radius 2 is 2.08 bits per heavy atom. The number of unbranched alkanes of at least 4 members (excludes halogenated alkanes) is 3. The molecule has 0 spiro atoms. The van der Waals surface area contributed by atoms with E-state index in [0.717, 1.165) is 30.3 Å². The minimum atomic E-state index is -1.31. The number of hydrogen-bond acceptors (Lipinski definition) is 3. The van der Waals surface area contributed by atoms with E-state index >= 15 is 0 Å². The minimum Gasteiger partial charge on any atom is -0.412 e. The number of carbonyl (C=O) groups is 1. The van der Waals surface area contributed by atoms with Gasteiger partial charge in [0, 0.05) is 29.9 Å². The smallest absolute Gasteiger partial charge is 0.354 e. The van der Waals surface area contributed by atoms with Gasteiger partial charge >= 0.3 is 5.97 Å². The van der Waals surface area contributed by atoms with Crippen LogP contribution in [0.2, 0.25) is 0 Å². The molecule has 1 unspecified atom stereocenters. The maximum atomic E-state index is 12.4. The predicted molar refractivity (Wildman–Crippen MR) is 104 cm³/mol. The van der Waals surface area contributed by atoms with Crippen molar-refractivity contribution in [2.45, 2.75) is 64.9 Å². The normalized spacial score (nSPS) is 18.2. The lowest BCUT2D eigenvalue weighted by molar-refractivity contribution is -0.378. The van der Waals surface area contributed by atoms with Gasteiger partial charge in [-0.15, -0.1) is 0 Å². The largest absolute Gasteiger partial charge is 0.412 e. The Morgan fingerprint density at radius 3 is 2.72 bits per heavy atom. The van der Waals surface area contributed by atoms with E-state index in [1.807, 2.05) is 6.07 Å². The van der Waals surface area contributed by atoms with Gasteiger partial charge in [-0.25, -0.2) is 9.78 Å². The lowest BCUT2D eigenvalue weighted by Crippen LogP contribution is -2.19. The van der Waals surface area contributed by atoms with Crippen LogP contribution in [0.4, 0.5) is 0 Å². The molecule has 0 aromatic carbocycles. The van der Waals surface area contributed by atoms with E-state index in [4.69, 9.17) is 8.92 Å². The van der Waals surface area contributed by atoms with Crippen LogP contribution in [0.25, 0.3) is 0 Å². The molecule has 0 amide bonds. The first kappa shape index (κ1) is 20.2. The van der Waals surface area contributed by atoms with Crippen molar-refractivity contribution < 1.29 is 18.7 Å². The monoisotopic (exact) mass is 368 g/mol. The average Bonchev–Trinajstić information content (AvgIpc) is 3.17. The number of nitrogens with one attached hydrogen (secondary N) is 1. The van der Waals surface area contributed by atoms with Gasteiger partial charge in [-0.3, -0.25) is 0 Å². The molecular formula is C20H34NO3S+. The number of hydrogen-bond donors (Lipinski definition) is 0. The Hall–Kier alpha value is -1.07. The Balaban J connectivity index is 1.71. The van der Waals surface area contributed by atoms with Gasteiger partial charge in [-0.1, -0.05) is 43.4 Å². The summed E-state index contributed by atoms with van der Waals surface area (Å²) in [5.41, 5.74) is 0.609. The van der Waals surface area contributed by atoms with Gasteiger partial charge in [0.15, 0.2) is 12.4 Å². The highest BCUT2D eigenvalue weighted by Crippen LogP contribution is 2.49. The van der Waals surface area contributed by atoms with Gasteiger partial charge in [0.2, 0.25) is 0 Å². The first-order chi connectivity index (χ1) is 12.2. The summed E-state index contributed by atoms with van der Waals surface area (Å²) in [7, 11) is -1.31. The zero-order valence-corrected chi connectivity index (χ0v) is 16.6. The summed E-state index contributed by atoms with van der Waals surface area (Å²) in [6.07, 6.45) is 12.6. The van der Waals surface area contributed by atoms with Crippen molar-refractivity contribution in [3.63, 3.8) is 0 Å². The van der Waals surface area contributed by atoms with E-state index in [9.17, 15) is 4.79 Å². The van der Waals surface area contributed by atoms with Crippen molar-refractivity contribution in [1.82, 2.24) is 0 Å². The van der Waals surface area contributed by atoms with Crippen LogP contribution in [0.3, 0.4) is 0 Å². The molecule has 1 aromatic rings. The van der Waals surface area contributed by atoms with Crippen LogP contribution in [-0.4, -0.2) is 35.9 Å². The summed E-state index contributed by atoms with van der Waals surface area (Å²) in [6, 6.07) is 3.64. The molecule has 1 aliphatic heterocycles. The van der Waals surface area contributed by atoms with Crippen LogP contribution >= 0.6 is 10.3 Å². The standard InChI is InChI=1S/C20H33NO3S/c1-3-25(4-2,24-20(22)18-11-9-14-21-17-18)16-8-6-5-7-12-19-13-10-15-23-19/h9,11,14,17,19H,3-8,10,12-13,15-16H2,1-2H3/p+1. The van der Waals surface area contributed by atoms with Crippen molar-refractivity contribution in [3.8, 4) is 0 Å². The van der Waals surface area contributed by atoms with Crippen molar-refractivity contribution in [2.24, 2.45) is 0 Å². The first-order valence-corrected chi connectivity index (χ1v) is 11.8. The average molecular weight is 369 g/mol. The van der Waals surface area contributed by atoms with E-state index in [2.05, 4.69) is 18.8 Å². The van der Waals surface area contributed by atoms with Crippen LogP contribution in [-0.2, 0) is 8.92 Å². The number of aromatic amines is 1. The fraction of sp³-hybridized carbons (Fsp3) is 0.700. The summed E-state index contributed by atoms with van der Waals surface area (Å²) in [5, 5.41) is 0. The number of ether oxygens (including phenoxy) is 1. The summed E-state index contributed by atoms with van der Waals surface area (Å²) in [4.78, 5) is 15.4. The molecule has 1 N–H and O–H groups in total. The van der Waals surface area contributed by atoms with Crippen molar-refractivity contribution in [3.05, 3.63) is 30.1 Å². The van der Waals surface area contributed by atoms with E-state index in [-0.39, 0.29) is 5.97 Å². The molecule has 2 heterocycles. The number of pyridine rings is 1. The molecule has 1 fully saturated rings. The van der Waals surface area contributed by atoms with Crippen LogP contribution in [0.5, 0.6) is 0 Å². The molecule has 1 atom stereocenters. The summed E-state index contributed by atoms with van der Waals surface area (Å²) < 4.78 is 11.7. The minimum absolute atomic E-state index is 0.186. The molecule has 142 valence electrons. The second kappa shape index (κ2) is 10.8. The Kier molecular flexibility index (Phi) is 8.76. The molecule has 5 heteroatoms. The van der Waals surface area contributed by atoms with E-state index in [1.165, 1.54) is 38.5 Å². The molecular weight excluding hydrogens is 334 g/mol. The quantitative estimate of drug-likeness (QED) is 0.539. The number of aromatic nitrogens is 1. The van der Waals surface area contributed by atoms with Gasteiger partial charge in [-0.2, -0.15) is 0 Å². The van der Waals surface area contributed by atoms with Crippen molar-refractivity contribution in [2.75, 3.05) is 23.9 Å². The molecule has 0 bridgehead atoms. The van der Waals surface area contributed by atoms with E-state index < -0.39 is 10.3 Å². The zero-order valence-electron chi connectivity index (χ0n) is 15.8. The topological polar surface area (TPSA) is 49.7 Å². The summed E-state index contributed by atoms with van der Waals surface area (Å²) in [6.45, 7) is 5.26. The van der Waals surface area contributed by atoms with Gasteiger partial charge in [-0.05, 0) is 31.7 Å². The van der Waals surface area contributed by atoms with E-state index in [0.29, 0.717) is 11.7 Å². The molecule has 1 saturated heterocycles. The van der Waals surface area contributed by atoms with Crippen LogP contribution in [0, 0.1) is 0 Å². The van der Waals surface area contributed by atoms with Crippen LogP contribution in [0.1, 0.15) is 69.2 Å². The zero-order chi connectivity index (χ0) is 18.0. The first-order valence-electron chi connectivity index (χ1n) is 9.77. The summed E-state index contributed by atoms with van der Waals surface area (Å²) >= 11 is 0. The molecule has 0 aliphatic carbocycles. The summed E-state index contributed by atoms with van der Waals surface area (Å²) in [5.74, 6) is 2.74. The molecule has 4 nitrogen and oxygen atoms in total. The highest BCUT2D eigenvalue weighted by molar-refractivity contribution is 8.30. The number of H-pyrrole nitrogens is 1. The molecule has 1 aliphatic rings. The second-order valence-corrected chi connectivity index (χ2v) is 10.4. The fourth-order valence-electron chi connectivity index (χ4n) is 3.34. The third-order valence-electron chi connectivity index (χ3n) is 5.06. The molecule has 2 rings (SSSR count). The lowest BCUT2D eigenvalue weighted by atomic mass is 10.1. The van der Waals surface area contributed by atoms with Gasteiger partial charge in [0.25, 0.3) is 0 Å². The van der Waals surface area contributed by atoms with Crippen LogP contribution in [0.15, 0.2) is 24.5 Å². The molecule has 0 saturated carbocycles. The van der Waals surface area contributed by atoms with E-state index in [1.54, 1.807) is 18.5 Å². The Morgan fingerprint density at radius 1 is 1.28 bits per heavy atom. The molecule has 1 aromatic heterocycles. The van der Waals surface area contributed by atoms with Crippen molar-refractivity contribution in [1.29, 1.82) is 0 Å². The third-order valence-corrected chi connectivity index (χ3v) is 8.71. The van der Waals surface area contributed by atoms with Gasteiger partial charge in [0.05, 0.1) is 6.10 Å². The highest BCUT2D eigenvalue weighted by atomic mass is 32.3. The Bertz CT molecular complexity index is 499. The van der Waals surface area contributed by atoms with Crippen LogP contribution < -0.4 is 4.98 Å².